The number of carbonyl (C=O) groups excluding carboxylic acids is 2. The summed E-state index contributed by atoms with van der Waals surface area (Å²) in [6.07, 6.45) is 1.13. The van der Waals surface area contributed by atoms with E-state index in [1.807, 2.05) is 0 Å². The van der Waals surface area contributed by atoms with Crippen molar-refractivity contribution in [2.75, 3.05) is 0 Å². The van der Waals surface area contributed by atoms with Crippen LogP contribution in [-0.4, -0.2) is 12.1 Å². The molecule has 46 valence electrons. The Morgan fingerprint density at radius 1 is 1.75 bits per heavy atom. The molecule has 0 aromatic carbocycles. The second-order valence-electron chi connectivity index (χ2n) is 1.91. The summed E-state index contributed by atoms with van der Waals surface area (Å²) in [5.41, 5.74) is 0. The van der Waals surface area contributed by atoms with Crippen LogP contribution in [0.1, 0.15) is 20.3 Å². The third-order valence-corrected chi connectivity index (χ3v) is 1.14. The highest BCUT2D eigenvalue weighted by molar-refractivity contribution is 5.80. The predicted octanol–water partition coefficient (Wildman–Crippen LogP) is 0.800. The molecule has 0 spiro atoms. The van der Waals surface area contributed by atoms with E-state index in [2.05, 4.69) is 0 Å². The molecular formula is C6H10O2. The molecule has 0 fully saturated rings. The number of rotatable bonds is 3. The first-order valence-corrected chi connectivity index (χ1v) is 2.62. The van der Waals surface area contributed by atoms with Crippen LogP contribution in [0.3, 0.4) is 0 Å². The molecule has 0 heterocycles. The molecule has 8 heavy (non-hydrogen) atoms. The van der Waals surface area contributed by atoms with Crippen LogP contribution < -0.4 is 0 Å². The zero-order valence-electron chi connectivity index (χ0n) is 5.18. The van der Waals surface area contributed by atoms with E-state index in [1.165, 1.54) is 6.92 Å². The Kier molecular flexibility index (Phi) is 3.08. The number of hydrogen-bond donors (Lipinski definition) is 0. The third kappa shape index (κ3) is 2.50. The van der Waals surface area contributed by atoms with E-state index in [4.69, 9.17) is 0 Å². The van der Waals surface area contributed by atoms with Crippen LogP contribution in [0.4, 0.5) is 0 Å². The first kappa shape index (κ1) is 7.34. The average molecular weight is 114 g/mol. The zero-order valence-corrected chi connectivity index (χ0v) is 5.18. The topological polar surface area (TPSA) is 34.1 Å². The number of hydrogen-bond acceptors (Lipinski definition) is 2. The quantitative estimate of drug-likeness (QED) is 0.508. The van der Waals surface area contributed by atoms with Gasteiger partial charge in [0, 0.05) is 12.3 Å². The largest absolute Gasteiger partial charge is 0.303 e. The molecule has 0 amide bonds. The minimum Gasteiger partial charge on any atom is -0.303 e. The van der Waals surface area contributed by atoms with Gasteiger partial charge < -0.3 is 4.79 Å². The molecule has 2 heteroatoms. The Labute approximate surface area is 48.9 Å². The van der Waals surface area contributed by atoms with Crippen molar-refractivity contribution in [2.45, 2.75) is 20.3 Å². The van der Waals surface area contributed by atoms with E-state index in [1.54, 1.807) is 6.92 Å². The summed E-state index contributed by atoms with van der Waals surface area (Å²) in [6, 6.07) is 0. The molecule has 0 bridgehead atoms. The monoisotopic (exact) mass is 114 g/mol. The fourth-order valence-electron chi connectivity index (χ4n) is 0.310. The Morgan fingerprint density at radius 2 is 2.25 bits per heavy atom. The highest BCUT2D eigenvalue weighted by atomic mass is 16.1. The summed E-state index contributed by atoms with van der Waals surface area (Å²) >= 11 is 0. The van der Waals surface area contributed by atoms with Gasteiger partial charge in [-0.25, -0.2) is 0 Å². The van der Waals surface area contributed by atoms with Gasteiger partial charge in [-0.15, -0.1) is 0 Å². The van der Waals surface area contributed by atoms with Gasteiger partial charge >= 0.3 is 0 Å². The molecule has 0 unspecified atom stereocenters. The molecule has 0 saturated heterocycles. The van der Waals surface area contributed by atoms with E-state index in [0.29, 0.717) is 6.42 Å². The van der Waals surface area contributed by atoms with Gasteiger partial charge in [-0.3, -0.25) is 4.79 Å². The van der Waals surface area contributed by atoms with E-state index in [-0.39, 0.29) is 11.7 Å². The lowest BCUT2D eigenvalue weighted by molar-refractivity contribution is -0.122. The maximum atomic E-state index is 10.4. The number of Topliss-reactive ketones (excluding diaryl/α,β-unsaturated/α-hetero) is 1. The Hall–Kier alpha value is -0.660. The van der Waals surface area contributed by atoms with E-state index < -0.39 is 0 Å². The van der Waals surface area contributed by atoms with Crippen LogP contribution in [0.2, 0.25) is 0 Å². The molecule has 1 atom stereocenters. The molecule has 0 aliphatic heterocycles. The van der Waals surface area contributed by atoms with Crippen molar-refractivity contribution in [1.82, 2.24) is 0 Å². The molecule has 2 nitrogen and oxygen atoms in total. The van der Waals surface area contributed by atoms with Gasteiger partial charge in [0.2, 0.25) is 0 Å². The van der Waals surface area contributed by atoms with Crippen LogP contribution in [0, 0.1) is 5.92 Å². The van der Waals surface area contributed by atoms with Crippen molar-refractivity contribution in [2.24, 2.45) is 5.92 Å². The summed E-state index contributed by atoms with van der Waals surface area (Å²) in [6.45, 7) is 3.24. The molecular weight excluding hydrogens is 104 g/mol. The van der Waals surface area contributed by atoms with Gasteiger partial charge in [0.15, 0.2) is 0 Å². The molecule has 0 N–H and O–H groups in total. The molecule has 0 aromatic rings. The summed E-state index contributed by atoms with van der Waals surface area (Å²) in [4.78, 5) is 20.1. The lowest BCUT2D eigenvalue weighted by Gasteiger charge is -1.97. The van der Waals surface area contributed by atoms with Crippen LogP contribution in [0.25, 0.3) is 0 Å². The first-order chi connectivity index (χ1) is 3.68. The van der Waals surface area contributed by atoms with Crippen molar-refractivity contribution in [3.63, 3.8) is 0 Å². The Bertz CT molecular complexity index is 96.7. The second kappa shape index (κ2) is 3.36. The van der Waals surface area contributed by atoms with Gasteiger partial charge in [-0.05, 0) is 6.92 Å². The van der Waals surface area contributed by atoms with E-state index in [9.17, 15) is 9.59 Å². The Morgan fingerprint density at radius 3 is 2.38 bits per heavy atom. The molecule has 0 aliphatic rings. The summed E-state index contributed by atoms with van der Waals surface area (Å²) in [5, 5.41) is 0. The number of carbonyl (C=O) groups is 2. The Balaban J connectivity index is 3.46. The van der Waals surface area contributed by atoms with Crippen molar-refractivity contribution >= 4 is 12.1 Å². The summed E-state index contributed by atoms with van der Waals surface area (Å²) in [7, 11) is 0. The van der Waals surface area contributed by atoms with E-state index in [0.717, 1.165) is 6.29 Å². The smallest absolute Gasteiger partial charge is 0.133 e. The molecule has 0 rings (SSSR count). The van der Waals surface area contributed by atoms with E-state index >= 15 is 0 Å². The minimum absolute atomic E-state index is 0.0806. The highest BCUT2D eigenvalue weighted by Gasteiger charge is 2.04. The first-order valence-electron chi connectivity index (χ1n) is 2.62. The fourth-order valence-corrected chi connectivity index (χ4v) is 0.310. The SMILES string of the molecule is CC(=O)[C@H](C)CC=O. The van der Waals surface area contributed by atoms with Gasteiger partial charge in [-0.1, -0.05) is 6.92 Å². The van der Waals surface area contributed by atoms with Crippen molar-refractivity contribution in [3.05, 3.63) is 0 Å². The second-order valence-corrected chi connectivity index (χ2v) is 1.91. The molecule has 0 aliphatic carbocycles. The van der Waals surface area contributed by atoms with Crippen molar-refractivity contribution in [3.8, 4) is 0 Å². The maximum Gasteiger partial charge on any atom is 0.133 e. The van der Waals surface area contributed by atoms with Crippen molar-refractivity contribution < 1.29 is 9.59 Å². The van der Waals surface area contributed by atoms with Crippen molar-refractivity contribution in [1.29, 1.82) is 0 Å². The molecule has 0 radical (unpaired) electrons. The lowest BCUT2D eigenvalue weighted by atomic mass is 10.1. The van der Waals surface area contributed by atoms with Gasteiger partial charge in [0.25, 0.3) is 0 Å². The predicted molar refractivity (Wildman–Crippen MR) is 30.5 cm³/mol. The van der Waals surface area contributed by atoms with Gasteiger partial charge in [0.1, 0.15) is 12.1 Å². The maximum absolute atomic E-state index is 10.4. The molecule has 0 aromatic heterocycles. The average Bonchev–Trinajstić information content (AvgIpc) is 1.67. The summed E-state index contributed by atoms with van der Waals surface area (Å²) in [5.74, 6) is -0.00963. The van der Waals surface area contributed by atoms with Crippen LogP contribution in [0.5, 0.6) is 0 Å². The minimum atomic E-state index is -0.0903. The van der Waals surface area contributed by atoms with Gasteiger partial charge in [0.05, 0.1) is 0 Å². The standard InChI is InChI=1S/C6H10O2/c1-5(3-4-7)6(2)8/h4-5H,3H2,1-2H3/t5-/m1/s1. The summed E-state index contributed by atoms with van der Waals surface area (Å²) < 4.78 is 0. The third-order valence-electron chi connectivity index (χ3n) is 1.14. The molecule has 0 saturated carbocycles. The van der Waals surface area contributed by atoms with Crippen LogP contribution in [-0.2, 0) is 9.59 Å². The highest BCUT2D eigenvalue weighted by Crippen LogP contribution is 1.98. The normalized spacial score (nSPS) is 12.8. The lowest BCUT2D eigenvalue weighted by Crippen LogP contribution is -2.05. The zero-order chi connectivity index (χ0) is 6.57. The van der Waals surface area contributed by atoms with Gasteiger partial charge in [-0.2, -0.15) is 0 Å². The fraction of sp³-hybridized carbons (Fsp3) is 0.667. The van der Waals surface area contributed by atoms with Crippen LogP contribution >= 0.6 is 0 Å². The number of aldehydes is 1. The van der Waals surface area contributed by atoms with Crippen LogP contribution in [0.15, 0.2) is 0 Å². The number of ketones is 1.